The number of piperidine rings is 3. The third-order valence-electron chi connectivity index (χ3n) is 7.37. The van der Waals surface area contributed by atoms with Crippen molar-refractivity contribution in [2.75, 3.05) is 31.1 Å². The van der Waals surface area contributed by atoms with Gasteiger partial charge in [0.1, 0.15) is 6.04 Å². The maximum absolute atomic E-state index is 13.0. The fourth-order valence-corrected chi connectivity index (χ4v) is 5.44. The maximum atomic E-state index is 13.0. The molecule has 3 fully saturated rings. The van der Waals surface area contributed by atoms with Gasteiger partial charge in [0.05, 0.1) is 0 Å². The second-order valence-electron chi connectivity index (χ2n) is 8.98. The standard InChI is InChI=1S/C22H28N4O3.2ClH/c27-19-4-3-18(20(28)24-19)26-14-15-1-2-16(13-17(15)21(26)29)25-11-7-22(8-12-25)5-9-23-10-6-22;;/h1-2,13,18,23H,3-12,14H2,(H,24,27,28);2*1H. The number of nitrogens with zero attached hydrogens (tertiary/aromatic N) is 2. The molecule has 31 heavy (non-hydrogen) atoms. The normalized spacial score (nSPS) is 24.9. The second-order valence-corrected chi connectivity index (χ2v) is 8.98. The number of halogens is 2. The van der Waals surface area contributed by atoms with E-state index in [1.165, 1.54) is 25.7 Å². The molecule has 1 spiro atoms. The molecule has 4 aliphatic heterocycles. The lowest BCUT2D eigenvalue weighted by molar-refractivity contribution is -0.136. The van der Waals surface area contributed by atoms with Gasteiger partial charge in [-0.2, -0.15) is 0 Å². The fourth-order valence-electron chi connectivity index (χ4n) is 5.44. The van der Waals surface area contributed by atoms with Crippen LogP contribution in [0.5, 0.6) is 0 Å². The Kier molecular flexibility index (Phi) is 7.18. The van der Waals surface area contributed by atoms with E-state index in [0.717, 1.165) is 37.4 Å². The molecule has 2 N–H and O–H groups in total. The summed E-state index contributed by atoms with van der Waals surface area (Å²) in [7, 11) is 0. The van der Waals surface area contributed by atoms with Gasteiger partial charge in [-0.15, -0.1) is 24.8 Å². The van der Waals surface area contributed by atoms with Gasteiger partial charge in [-0.1, -0.05) is 6.07 Å². The summed E-state index contributed by atoms with van der Waals surface area (Å²) in [6.07, 6.45) is 5.65. The van der Waals surface area contributed by atoms with Crippen molar-refractivity contribution in [3.8, 4) is 0 Å². The number of hydrogen-bond acceptors (Lipinski definition) is 5. The van der Waals surface area contributed by atoms with Gasteiger partial charge in [-0.05, 0) is 68.3 Å². The molecule has 1 unspecified atom stereocenters. The number of rotatable bonds is 2. The lowest BCUT2D eigenvalue weighted by Gasteiger charge is -2.45. The molecule has 3 amide bonds. The molecule has 7 nitrogen and oxygen atoms in total. The zero-order valence-corrected chi connectivity index (χ0v) is 19.2. The first-order valence-corrected chi connectivity index (χ1v) is 10.8. The molecular formula is C22H30Cl2N4O3. The molecule has 0 saturated carbocycles. The Hall–Kier alpha value is -1.83. The first-order valence-electron chi connectivity index (χ1n) is 10.8. The minimum Gasteiger partial charge on any atom is -0.371 e. The highest BCUT2D eigenvalue weighted by atomic mass is 35.5. The molecule has 3 saturated heterocycles. The SMILES string of the molecule is Cl.Cl.O=C1CCC(N2Cc3ccc(N4CCC5(CCNCC5)CC4)cc3C2=O)C(=O)N1. The Labute approximate surface area is 195 Å². The van der Waals surface area contributed by atoms with Crippen molar-refractivity contribution in [1.29, 1.82) is 0 Å². The van der Waals surface area contributed by atoms with E-state index in [-0.39, 0.29) is 49.0 Å². The highest BCUT2D eigenvalue weighted by Crippen LogP contribution is 2.41. The van der Waals surface area contributed by atoms with E-state index in [1.54, 1.807) is 4.90 Å². The van der Waals surface area contributed by atoms with E-state index < -0.39 is 6.04 Å². The van der Waals surface area contributed by atoms with Crippen LogP contribution in [0.2, 0.25) is 0 Å². The third-order valence-corrected chi connectivity index (χ3v) is 7.37. The highest BCUT2D eigenvalue weighted by Gasteiger charge is 2.40. The Balaban J connectivity index is 0.00000136. The molecule has 0 aromatic heterocycles. The number of imide groups is 1. The van der Waals surface area contributed by atoms with E-state index in [1.807, 2.05) is 12.1 Å². The highest BCUT2D eigenvalue weighted by molar-refractivity contribution is 6.05. The van der Waals surface area contributed by atoms with Crippen LogP contribution >= 0.6 is 24.8 Å². The van der Waals surface area contributed by atoms with Crippen molar-refractivity contribution < 1.29 is 14.4 Å². The van der Waals surface area contributed by atoms with Gasteiger partial charge in [0.25, 0.3) is 5.91 Å². The van der Waals surface area contributed by atoms with E-state index >= 15 is 0 Å². The molecule has 4 aliphatic rings. The summed E-state index contributed by atoms with van der Waals surface area (Å²) in [5.41, 5.74) is 3.27. The summed E-state index contributed by atoms with van der Waals surface area (Å²) in [4.78, 5) is 40.7. The first-order chi connectivity index (χ1) is 14.0. The Bertz CT molecular complexity index is 862. The van der Waals surface area contributed by atoms with Crippen molar-refractivity contribution in [3.05, 3.63) is 29.3 Å². The van der Waals surface area contributed by atoms with Crippen molar-refractivity contribution in [1.82, 2.24) is 15.5 Å². The lowest BCUT2D eigenvalue weighted by atomic mass is 9.71. The largest absolute Gasteiger partial charge is 0.371 e. The zero-order valence-electron chi connectivity index (χ0n) is 17.5. The average molecular weight is 469 g/mol. The van der Waals surface area contributed by atoms with Crippen LogP contribution in [0.15, 0.2) is 18.2 Å². The Morgan fingerprint density at radius 2 is 1.68 bits per heavy atom. The van der Waals surface area contributed by atoms with Crippen LogP contribution < -0.4 is 15.5 Å². The van der Waals surface area contributed by atoms with Gasteiger partial charge in [0.2, 0.25) is 11.8 Å². The van der Waals surface area contributed by atoms with Crippen molar-refractivity contribution in [3.63, 3.8) is 0 Å². The van der Waals surface area contributed by atoms with Crippen LogP contribution in [0, 0.1) is 5.41 Å². The quantitative estimate of drug-likeness (QED) is 0.650. The van der Waals surface area contributed by atoms with Crippen LogP contribution in [-0.2, 0) is 16.1 Å². The maximum Gasteiger partial charge on any atom is 0.255 e. The van der Waals surface area contributed by atoms with Gasteiger partial charge in [0, 0.05) is 37.3 Å². The number of amides is 3. The molecule has 1 atom stereocenters. The number of nitrogens with one attached hydrogen (secondary N) is 2. The Morgan fingerprint density at radius 3 is 2.35 bits per heavy atom. The minimum atomic E-state index is -0.550. The van der Waals surface area contributed by atoms with E-state index in [4.69, 9.17) is 0 Å². The van der Waals surface area contributed by atoms with Gasteiger partial charge < -0.3 is 15.1 Å². The van der Waals surface area contributed by atoms with Crippen molar-refractivity contribution in [2.24, 2.45) is 5.41 Å². The van der Waals surface area contributed by atoms with E-state index in [0.29, 0.717) is 23.9 Å². The number of anilines is 1. The molecular weight excluding hydrogens is 439 g/mol. The third kappa shape index (κ3) is 4.41. The summed E-state index contributed by atoms with van der Waals surface area (Å²) in [5.74, 6) is -0.705. The van der Waals surface area contributed by atoms with Crippen LogP contribution in [-0.4, -0.2) is 54.8 Å². The van der Waals surface area contributed by atoms with Gasteiger partial charge in [0.15, 0.2) is 0 Å². The number of benzene rings is 1. The summed E-state index contributed by atoms with van der Waals surface area (Å²) >= 11 is 0. The molecule has 4 heterocycles. The molecule has 0 aliphatic carbocycles. The summed E-state index contributed by atoms with van der Waals surface area (Å²) < 4.78 is 0. The molecule has 0 bridgehead atoms. The van der Waals surface area contributed by atoms with Crippen molar-refractivity contribution in [2.45, 2.75) is 51.1 Å². The monoisotopic (exact) mass is 468 g/mol. The number of carbonyl (C=O) groups is 3. The summed E-state index contributed by atoms with van der Waals surface area (Å²) in [6, 6.07) is 5.60. The van der Waals surface area contributed by atoms with Gasteiger partial charge >= 0.3 is 0 Å². The molecule has 5 rings (SSSR count). The minimum absolute atomic E-state index is 0. The van der Waals surface area contributed by atoms with E-state index in [2.05, 4.69) is 21.6 Å². The fraction of sp³-hybridized carbons (Fsp3) is 0.591. The molecule has 9 heteroatoms. The number of hydrogen-bond donors (Lipinski definition) is 2. The average Bonchev–Trinajstić information content (AvgIpc) is 3.05. The molecule has 1 aromatic rings. The topological polar surface area (TPSA) is 81.8 Å². The van der Waals surface area contributed by atoms with Crippen LogP contribution in [0.25, 0.3) is 0 Å². The van der Waals surface area contributed by atoms with Crippen LogP contribution in [0.1, 0.15) is 54.4 Å². The number of fused-ring (bicyclic) bond motifs is 1. The van der Waals surface area contributed by atoms with Gasteiger partial charge in [-0.25, -0.2) is 0 Å². The van der Waals surface area contributed by atoms with Crippen LogP contribution in [0.4, 0.5) is 5.69 Å². The Morgan fingerprint density at radius 1 is 0.968 bits per heavy atom. The van der Waals surface area contributed by atoms with Gasteiger partial charge in [-0.3, -0.25) is 19.7 Å². The molecule has 1 aromatic carbocycles. The first kappa shape index (κ1) is 23.8. The van der Waals surface area contributed by atoms with Crippen molar-refractivity contribution >= 4 is 48.2 Å². The predicted molar refractivity (Wildman–Crippen MR) is 123 cm³/mol. The summed E-state index contributed by atoms with van der Waals surface area (Å²) in [6.45, 7) is 4.76. The predicted octanol–water partition coefficient (Wildman–Crippen LogP) is 2.26. The summed E-state index contributed by atoms with van der Waals surface area (Å²) in [5, 5.41) is 5.83. The second kappa shape index (κ2) is 9.35. The molecule has 170 valence electrons. The van der Waals surface area contributed by atoms with Crippen LogP contribution in [0.3, 0.4) is 0 Å². The number of carbonyl (C=O) groups excluding carboxylic acids is 3. The van der Waals surface area contributed by atoms with E-state index in [9.17, 15) is 14.4 Å². The zero-order chi connectivity index (χ0) is 20.0. The molecule has 0 radical (unpaired) electrons. The lowest BCUT2D eigenvalue weighted by Crippen LogP contribution is -2.52. The smallest absolute Gasteiger partial charge is 0.255 e.